The minimum atomic E-state index is -0.179. The fraction of sp³-hybridized carbons (Fsp3) is 0.462. The van der Waals surface area contributed by atoms with Gasteiger partial charge in [0, 0.05) is 6.61 Å². The first-order valence-corrected chi connectivity index (χ1v) is 5.66. The zero-order chi connectivity index (χ0) is 11.2. The van der Waals surface area contributed by atoms with Gasteiger partial charge in [-0.15, -0.1) is 0 Å². The Morgan fingerprint density at radius 1 is 1.38 bits per heavy atom. The molecule has 1 aliphatic rings. The van der Waals surface area contributed by atoms with Gasteiger partial charge >= 0.3 is 5.97 Å². The van der Waals surface area contributed by atoms with E-state index in [0.717, 1.165) is 25.0 Å². The first-order chi connectivity index (χ1) is 7.84. The molecule has 1 aliphatic heterocycles. The summed E-state index contributed by atoms with van der Waals surface area (Å²) in [6.07, 6.45) is 2.52. The van der Waals surface area contributed by atoms with Crippen LogP contribution in [0, 0.1) is 0 Å². The van der Waals surface area contributed by atoms with Crippen LogP contribution in [0.4, 0.5) is 0 Å². The molecule has 0 radical (unpaired) electrons. The van der Waals surface area contributed by atoms with Gasteiger partial charge in [0.25, 0.3) is 0 Å². The standard InChI is InChI=1S/C13H16O3/c14-13(9-11-5-2-1-3-6-11)16-10-12-7-4-8-15-12/h1-3,5-6,12H,4,7-10H2/t12-/m0/s1. The summed E-state index contributed by atoms with van der Waals surface area (Å²) in [5.41, 5.74) is 0.986. The molecule has 1 fully saturated rings. The zero-order valence-corrected chi connectivity index (χ0v) is 9.22. The second kappa shape index (κ2) is 5.66. The van der Waals surface area contributed by atoms with Crippen molar-refractivity contribution in [1.29, 1.82) is 0 Å². The van der Waals surface area contributed by atoms with Crippen LogP contribution in [-0.2, 0) is 20.7 Å². The fourth-order valence-electron chi connectivity index (χ4n) is 1.78. The maximum Gasteiger partial charge on any atom is 0.310 e. The molecule has 3 nitrogen and oxygen atoms in total. The van der Waals surface area contributed by atoms with Gasteiger partial charge in [0.2, 0.25) is 0 Å². The second-order valence-corrected chi connectivity index (χ2v) is 3.98. The molecule has 1 aromatic rings. The van der Waals surface area contributed by atoms with Gasteiger partial charge in [0.1, 0.15) is 6.61 Å². The van der Waals surface area contributed by atoms with Gasteiger partial charge in [0.15, 0.2) is 0 Å². The average molecular weight is 220 g/mol. The molecular formula is C13H16O3. The van der Waals surface area contributed by atoms with E-state index in [1.54, 1.807) is 0 Å². The van der Waals surface area contributed by atoms with Crippen molar-refractivity contribution in [2.24, 2.45) is 0 Å². The van der Waals surface area contributed by atoms with Gasteiger partial charge in [-0.2, -0.15) is 0 Å². The van der Waals surface area contributed by atoms with Crippen LogP contribution in [-0.4, -0.2) is 25.3 Å². The molecule has 1 saturated heterocycles. The smallest absolute Gasteiger partial charge is 0.310 e. The van der Waals surface area contributed by atoms with Crippen LogP contribution in [0.25, 0.3) is 0 Å². The third-order valence-corrected chi connectivity index (χ3v) is 2.65. The van der Waals surface area contributed by atoms with Gasteiger partial charge in [0.05, 0.1) is 12.5 Å². The summed E-state index contributed by atoms with van der Waals surface area (Å²) >= 11 is 0. The Balaban J connectivity index is 1.72. The van der Waals surface area contributed by atoms with Crippen LogP contribution >= 0.6 is 0 Å². The van der Waals surface area contributed by atoms with E-state index in [-0.39, 0.29) is 12.1 Å². The van der Waals surface area contributed by atoms with E-state index in [9.17, 15) is 4.79 Å². The molecule has 0 aromatic heterocycles. The molecule has 86 valence electrons. The van der Waals surface area contributed by atoms with Crippen molar-refractivity contribution in [3.63, 3.8) is 0 Å². The highest BCUT2D eigenvalue weighted by Gasteiger charge is 2.17. The predicted molar refractivity (Wildman–Crippen MR) is 60.1 cm³/mol. The van der Waals surface area contributed by atoms with Crippen LogP contribution in [0.2, 0.25) is 0 Å². The molecule has 0 spiro atoms. The summed E-state index contributed by atoms with van der Waals surface area (Å²) in [5.74, 6) is -0.179. The molecule has 2 rings (SSSR count). The SMILES string of the molecule is O=C(Cc1ccccc1)OC[C@@H]1CCCO1. The van der Waals surface area contributed by atoms with Gasteiger partial charge < -0.3 is 9.47 Å². The van der Waals surface area contributed by atoms with Gasteiger partial charge in [-0.05, 0) is 18.4 Å². The van der Waals surface area contributed by atoms with Crippen LogP contribution in [0.1, 0.15) is 18.4 Å². The number of rotatable bonds is 4. The maximum absolute atomic E-state index is 11.5. The normalized spacial score (nSPS) is 19.6. The highest BCUT2D eigenvalue weighted by atomic mass is 16.6. The Bertz CT molecular complexity index is 328. The molecule has 0 amide bonds. The van der Waals surface area contributed by atoms with Crippen LogP contribution in [0.15, 0.2) is 30.3 Å². The molecule has 1 atom stereocenters. The minimum Gasteiger partial charge on any atom is -0.463 e. The van der Waals surface area contributed by atoms with Crippen molar-refractivity contribution in [2.45, 2.75) is 25.4 Å². The molecule has 0 N–H and O–H groups in total. The van der Waals surface area contributed by atoms with E-state index in [1.807, 2.05) is 30.3 Å². The average Bonchev–Trinajstić information content (AvgIpc) is 2.81. The summed E-state index contributed by atoms with van der Waals surface area (Å²) in [5, 5.41) is 0. The Morgan fingerprint density at radius 2 is 2.19 bits per heavy atom. The zero-order valence-electron chi connectivity index (χ0n) is 9.22. The number of carbonyl (C=O) groups excluding carboxylic acids is 1. The minimum absolute atomic E-state index is 0.111. The first-order valence-electron chi connectivity index (χ1n) is 5.66. The van der Waals surface area contributed by atoms with Crippen molar-refractivity contribution in [3.05, 3.63) is 35.9 Å². The van der Waals surface area contributed by atoms with Crippen molar-refractivity contribution in [2.75, 3.05) is 13.2 Å². The molecule has 3 heteroatoms. The second-order valence-electron chi connectivity index (χ2n) is 3.98. The molecule has 0 unspecified atom stereocenters. The quantitative estimate of drug-likeness (QED) is 0.727. The van der Waals surface area contributed by atoms with Crippen LogP contribution in [0.3, 0.4) is 0 Å². The third kappa shape index (κ3) is 3.35. The van der Waals surface area contributed by atoms with Crippen molar-refractivity contribution in [3.8, 4) is 0 Å². The lowest BCUT2D eigenvalue weighted by molar-refractivity contribution is -0.146. The topological polar surface area (TPSA) is 35.5 Å². The van der Waals surface area contributed by atoms with Crippen molar-refractivity contribution >= 4 is 5.97 Å². The summed E-state index contributed by atoms with van der Waals surface area (Å²) in [6.45, 7) is 1.19. The molecule has 16 heavy (non-hydrogen) atoms. The summed E-state index contributed by atoms with van der Waals surface area (Å²) in [6, 6.07) is 9.62. The number of esters is 1. The molecule has 0 saturated carbocycles. The first kappa shape index (κ1) is 11.1. The fourth-order valence-corrected chi connectivity index (χ4v) is 1.78. The van der Waals surface area contributed by atoms with E-state index in [0.29, 0.717) is 13.0 Å². The largest absolute Gasteiger partial charge is 0.463 e. The van der Waals surface area contributed by atoms with Gasteiger partial charge in [-0.1, -0.05) is 30.3 Å². The lowest BCUT2D eigenvalue weighted by atomic mass is 10.1. The highest BCUT2D eigenvalue weighted by molar-refractivity contribution is 5.72. The monoisotopic (exact) mass is 220 g/mol. The lowest BCUT2D eigenvalue weighted by Gasteiger charge is -2.09. The predicted octanol–water partition coefficient (Wildman–Crippen LogP) is 1.95. The maximum atomic E-state index is 11.5. The highest BCUT2D eigenvalue weighted by Crippen LogP contribution is 2.12. The van der Waals surface area contributed by atoms with Crippen LogP contribution in [0.5, 0.6) is 0 Å². The van der Waals surface area contributed by atoms with E-state index in [4.69, 9.17) is 9.47 Å². The molecule has 1 heterocycles. The number of hydrogen-bond acceptors (Lipinski definition) is 3. The van der Waals surface area contributed by atoms with Gasteiger partial charge in [-0.3, -0.25) is 4.79 Å². The Hall–Kier alpha value is -1.35. The number of carbonyl (C=O) groups is 1. The van der Waals surface area contributed by atoms with Crippen LogP contribution < -0.4 is 0 Å². The number of benzene rings is 1. The summed E-state index contributed by atoms with van der Waals surface area (Å²) < 4.78 is 10.5. The summed E-state index contributed by atoms with van der Waals surface area (Å²) in [7, 11) is 0. The Labute approximate surface area is 95.4 Å². The van der Waals surface area contributed by atoms with E-state index >= 15 is 0 Å². The van der Waals surface area contributed by atoms with E-state index in [2.05, 4.69) is 0 Å². The molecule has 0 bridgehead atoms. The Morgan fingerprint density at radius 3 is 2.88 bits per heavy atom. The summed E-state index contributed by atoms with van der Waals surface area (Å²) in [4.78, 5) is 11.5. The van der Waals surface area contributed by atoms with Crippen molar-refractivity contribution in [1.82, 2.24) is 0 Å². The number of ether oxygens (including phenoxy) is 2. The van der Waals surface area contributed by atoms with E-state index in [1.165, 1.54) is 0 Å². The number of hydrogen-bond donors (Lipinski definition) is 0. The molecule has 0 aliphatic carbocycles. The lowest BCUT2D eigenvalue weighted by Crippen LogP contribution is -2.18. The van der Waals surface area contributed by atoms with E-state index < -0.39 is 0 Å². The molecular weight excluding hydrogens is 204 g/mol. The molecule has 1 aromatic carbocycles. The van der Waals surface area contributed by atoms with Gasteiger partial charge in [-0.25, -0.2) is 0 Å². The third-order valence-electron chi connectivity index (χ3n) is 2.65. The Kier molecular flexibility index (Phi) is 3.94. The van der Waals surface area contributed by atoms with Crippen molar-refractivity contribution < 1.29 is 14.3 Å².